The van der Waals surface area contributed by atoms with Crippen LogP contribution in [0.3, 0.4) is 0 Å². The molecule has 5 heteroatoms. The maximum atomic E-state index is 11.7. The Morgan fingerprint density at radius 1 is 1.25 bits per heavy atom. The topological polar surface area (TPSA) is 75.3 Å². The predicted molar refractivity (Wildman–Crippen MR) is 58.5 cm³/mol. The molecule has 1 aliphatic heterocycles. The van der Waals surface area contributed by atoms with Crippen molar-refractivity contribution < 1.29 is 14.4 Å². The molecular weight excluding hydrogens is 208 g/mol. The lowest BCUT2D eigenvalue weighted by Gasteiger charge is -2.32. The van der Waals surface area contributed by atoms with Crippen molar-refractivity contribution in [2.75, 3.05) is 0 Å². The Morgan fingerprint density at radius 2 is 1.81 bits per heavy atom. The minimum atomic E-state index is -1.10. The third-order valence-corrected chi connectivity index (χ3v) is 2.94. The molecule has 0 unspecified atom stereocenters. The highest BCUT2D eigenvalue weighted by atomic mass is 16.2. The molecule has 0 aromatic heterocycles. The van der Waals surface area contributed by atoms with Crippen LogP contribution >= 0.6 is 0 Å². The summed E-state index contributed by atoms with van der Waals surface area (Å²) in [5, 5.41) is 4.29. The van der Waals surface area contributed by atoms with E-state index in [0.717, 1.165) is 6.42 Å². The second-order valence-electron chi connectivity index (χ2n) is 3.85. The Balaban J connectivity index is 2.83. The van der Waals surface area contributed by atoms with E-state index in [2.05, 4.69) is 17.2 Å². The van der Waals surface area contributed by atoms with Crippen LogP contribution in [0.1, 0.15) is 32.6 Å². The number of carbonyl (C=O) groups excluding carboxylic acids is 3. The molecule has 2 N–H and O–H groups in total. The molecule has 16 heavy (non-hydrogen) atoms. The summed E-state index contributed by atoms with van der Waals surface area (Å²) in [5.74, 6) is -0.986. The van der Waals surface area contributed by atoms with Crippen molar-refractivity contribution in [1.82, 2.24) is 10.6 Å². The lowest BCUT2D eigenvalue weighted by atomic mass is 9.77. The van der Waals surface area contributed by atoms with E-state index in [1.54, 1.807) is 13.0 Å². The van der Waals surface area contributed by atoms with Gasteiger partial charge in [-0.1, -0.05) is 13.0 Å². The van der Waals surface area contributed by atoms with Crippen LogP contribution in [-0.4, -0.2) is 17.8 Å². The Morgan fingerprint density at radius 3 is 2.25 bits per heavy atom. The monoisotopic (exact) mass is 224 g/mol. The fraction of sp³-hybridized carbons (Fsp3) is 0.545. The zero-order chi connectivity index (χ0) is 12.2. The van der Waals surface area contributed by atoms with Crippen LogP contribution in [0, 0.1) is 5.41 Å². The second kappa shape index (κ2) is 4.92. The highest BCUT2D eigenvalue weighted by Gasteiger charge is 2.48. The predicted octanol–water partition coefficient (Wildman–Crippen LogP) is 1.11. The van der Waals surface area contributed by atoms with Crippen molar-refractivity contribution >= 4 is 17.8 Å². The van der Waals surface area contributed by atoms with E-state index in [0.29, 0.717) is 19.3 Å². The highest BCUT2D eigenvalue weighted by Crippen LogP contribution is 2.31. The Kier molecular flexibility index (Phi) is 3.82. The number of amides is 4. The lowest BCUT2D eigenvalue weighted by molar-refractivity contribution is -0.145. The minimum absolute atomic E-state index is 0.384. The normalized spacial score (nSPS) is 18.9. The van der Waals surface area contributed by atoms with Gasteiger partial charge in [0.15, 0.2) is 0 Å². The molecule has 0 saturated carbocycles. The van der Waals surface area contributed by atoms with Crippen molar-refractivity contribution in [2.24, 2.45) is 5.41 Å². The molecule has 88 valence electrons. The van der Waals surface area contributed by atoms with Crippen LogP contribution in [0.2, 0.25) is 0 Å². The molecule has 0 aromatic carbocycles. The van der Waals surface area contributed by atoms with Gasteiger partial charge in [-0.05, 0) is 25.7 Å². The molecule has 0 spiro atoms. The number of barbiturate groups is 1. The van der Waals surface area contributed by atoms with Crippen molar-refractivity contribution in [3.05, 3.63) is 12.7 Å². The van der Waals surface area contributed by atoms with Crippen molar-refractivity contribution in [1.29, 1.82) is 0 Å². The van der Waals surface area contributed by atoms with Gasteiger partial charge < -0.3 is 0 Å². The van der Waals surface area contributed by atoms with Crippen LogP contribution < -0.4 is 10.6 Å². The minimum Gasteiger partial charge on any atom is -0.277 e. The summed E-state index contributed by atoms with van der Waals surface area (Å²) < 4.78 is 0. The maximum absolute atomic E-state index is 11.7. The summed E-state index contributed by atoms with van der Waals surface area (Å²) in [5.41, 5.74) is -1.10. The van der Waals surface area contributed by atoms with E-state index in [1.165, 1.54) is 0 Å². The van der Waals surface area contributed by atoms with Gasteiger partial charge in [-0.15, -0.1) is 6.58 Å². The fourth-order valence-corrected chi connectivity index (χ4v) is 1.85. The summed E-state index contributed by atoms with van der Waals surface area (Å²) in [6.07, 6.45) is 4.01. The Hall–Kier alpha value is -1.65. The van der Waals surface area contributed by atoms with E-state index in [1.807, 2.05) is 0 Å². The van der Waals surface area contributed by atoms with Crippen molar-refractivity contribution in [2.45, 2.75) is 32.6 Å². The average molecular weight is 224 g/mol. The van der Waals surface area contributed by atoms with Gasteiger partial charge in [0.2, 0.25) is 11.8 Å². The van der Waals surface area contributed by atoms with Gasteiger partial charge in [0.1, 0.15) is 5.41 Å². The highest BCUT2D eigenvalue weighted by molar-refractivity contribution is 6.19. The number of unbranched alkanes of at least 4 members (excludes halogenated alkanes) is 1. The van der Waals surface area contributed by atoms with Crippen LogP contribution in [0.15, 0.2) is 12.7 Å². The molecule has 0 atom stereocenters. The van der Waals surface area contributed by atoms with Crippen LogP contribution in [0.25, 0.3) is 0 Å². The molecule has 1 aliphatic rings. The molecular formula is C11H16N2O3. The molecule has 1 saturated heterocycles. The van der Waals surface area contributed by atoms with Crippen molar-refractivity contribution in [3.8, 4) is 0 Å². The first kappa shape index (κ1) is 12.4. The summed E-state index contributed by atoms with van der Waals surface area (Å²) in [7, 11) is 0. The Bertz CT molecular complexity index is 316. The Labute approximate surface area is 94.3 Å². The van der Waals surface area contributed by atoms with Gasteiger partial charge >= 0.3 is 6.03 Å². The number of carbonyl (C=O) groups is 3. The van der Waals surface area contributed by atoms with E-state index in [4.69, 9.17) is 0 Å². The quantitative estimate of drug-likeness (QED) is 0.417. The fourth-order valence-electron chi connectivity index (χ4n) is 1.85. The first-order valence-electron chi connectivity index (χ1n) is 5.34. The zero-order valence-electron chi connectivity index (χ0n) is 9.34. The number of nitrogens with one attached hydrogen (secondary N) is 2. The van der Waals surface area contributed by atoms with Crippen LogP contribution in [0.5, 0.6) is 0 Å². The SMILES string of the molecule is C=CCCCC1(CC)C(=O)NC(=O)NC1=O. The first-order valence-corrected chi connectivity index (χ1v) is 5.34. The van der Waals surface area contributed by atoms with Gasteiger partial charge in [-0.2, -0.15) is 0 Å². The summed E-state index contributed by atoms with van der Waals surface area (Å²) >= 11 is 0. The molecule has 1 rings (SSSR count). The first-order chi connectivity index (χ1) is 7.56. The van der Waals surface area contributed by atoms with Crippen molar-refractivity contribution in [3.63, 3.8) is 0 Å². The molecule has 1 fully saturated rings. The van der Waals surface area contributed by atoms with Gasteiger partial charge in [-0.3, -0.25) is 20.2 Å². The third kappa shape index (κ3) is 2.13. The maximum Gasteiger partial charge on any atom is 0.328 e. The number of urea groups is 1. The second-order valence-corrected chi connectivity index (χ2v) is 3.85. The lowest BCUT2D eigenvalue weighted by Crippen LogP contribution is -2.62. The van der Waals surface area contributed by atoms with Crippen LogP contribution in [-0.2, 0) is 9.59 Å². The van der Waals surface area contributed by atoms with E-state index >= 15 is 0 Å². The number of allylic oxidation sites excluding steroid dienone is 1. The van der Waals surface area contributed by atoms with E-state index in [-0.39, 0.29) is 0 Å². The standard InChI is InChI=1S/C11H16N2O3/c1-3-5-6-7-11(4-2)8(14)12-10(16)13-9(11)15/h3H,1,4-7H2,2H3,(H2,12,13,14,15,16). The average Bonchev–Trinajstić information content (AvgIpc) is 2.22. The van der Waals surface area contributed by atoms with Gasteiger partial charge in [0.05, 0.1) is 0 Å². The number of hydrogen-bond donors (Lipinski definition) is 2. The summed E-state index contributed by atoms with van der Waals surface area (Å²) in [4.78, 5) is 34.4. The molecule has 0 radical (unpaired) electrons. The smallest absolute Gasteiger partial charge is 0.277 e. The zero-order valence-corrected chi connectivity index (χ0v) is 9.34. The molecule has 5 nitrogen and oxygen atoms in total. The van der Waals surface area contributed by atoms with Gasteiger partial charge in [0, 0.05) is 0 Å². The van der Waals surface area contributed by atoms with E-state index in [9.17, 15) is 14.4 Å². The number of rotatable bonds is 5. The molecule has 0 bridgehead atoms. The third-order valence-electron chi connectivity index (χ3n) is 2.94. The molecule has 0 aromatic rings. The summed E-state index contributed by atoms with van der Waals surface area (Å²) in [6, 6.07) is -0.734. The van der Waals surface area contributed by atoms with E-state index < -0.39 is 23.3 Å². The number of hydrogen-bond acceptors (Lipinski definition) is 3. The number of imide groups is 2. The molecule has 4 amide bonds. The summed E-state index contributed by atoms with van der Waals surface area (Å²) in [6.45, 7) is 5.35. The van der Waals surface area contributed by atoms with Gasteiger partial charge in [-0.25, -0.2) is 4.79 Å². The molecule has 1 heterocycles. The van der Waals surface area contributed by atoms with Crippen LogP contribution in [0.4, 0.5) is 4.79 Å². The molecule has 0 aliphatic carbocycles. The largest absolute Gasteiger partial charge is 0.328 e. The van der Waals surface area contributed by atoms with Gasteiger partial charge in [0.25, 0.3) is 0 Å².